The van der Waals surface area contributed by atoms with E-state index in [-0.39, 0.29) is 16.6 Å². The lowest BCUT2D eigenvalue weighted by molar-refractivity contribution is 0.298. The van der Waals surface area contributed by atoms with E-state index in [1.807, 2.05) is 0 Å². The summed E-state index contributed by atoms with van der Waals surface area (Å²) in [5.41, 5.74) is 2.77. The van der Waals surface area contributed by atoms with Crippen LogP contribution in [0.15, 0.2) is 23.3 Å². The van der Waals surface area contributed by atoms with Crippen molar-refractivity contribution in [1.82, 2.24) is 0 Å². The molecule has 0 aromatic rings. The zero-order valence-corrected chi connectivity index (χ0v) is 12.2. The van der Waals surface area contributed by atoms with Gasteiger partial charge in [-0.15, -0.1) is 0 Å². The minimum absolute atomic E-state index is 0.193. The minimum atomic E-state index is -1.28. The summed E-state index contributed by atoms with van der Waals surface area (Å²) in [6.45, 7) is 11.0. The van der Waals surface area contributed by atoms with Crippen molar-refractivity contribution in [3.05, 3.63) is 23.3 Å². The van der Waals surface area contributed by atoms with Crippen LogP contribution in [0.3, 0.4) is 0 Å². The van der Waals surface area contributed by atoms with Gasteiger partial charge in [-0.05, 0) is 40.7 Å². The van der Waals surface area contributed by atoms with Crippen molar-refractivity contribution in [3.8, 4) is 0 Å². The average molecular weight is 248 g/mol. The Morgan fingerprint density at radius 3 is 2.39 bits per heavy atom. The van der Waals surface area contributed by atoms with Crippen molar-refractivity contribution in [1.29, 1.82) is 0 Å². The van der Waals surface area contributed by atoms with E-state index in [0.29, 0.717) is 5.92 Å². The number of fused-ring (bicyclic) bond motifs is 1. The molecular weight excluding hydrogens is 223 g/mol. The van der Waals surface area contributed by atoms with Gasteiger partial charge in [0, 0.05) is 5.82 Å². The molecule has 0 heterocycles. The fourth-order valence-corrected chi connectivity index (χ4v) is 3.40. The fraction of sp³-hybridized carbons (Fsp3) is 0.733. The first-order valence-corrected chi connectivity index (χ1v) is 6.97. The van der Waals surface area contributed by atoms with E-state index in [1.54, 1.807) is 0 Å². The van der Waals surface area contributed by atoms with E-state index < -0.39 is 7.12 Å². The van der Waals surface area contributed by atoms with Crippen LogP contribution in [0.5, 0.6) is 0 Å². The molecule has 0 amide bonds. The van der Waals surface area contributed by atoms with Crippen molar-refractivity contribution in [3.63, 3.8) is 0 Å². The van der Waals surface area contributed by atoms with E-state index in [1.165, 1.54) is 24.0 Å². The molecule has 2 atom stereocenters. The van der Waals surface area contributed by atoms with Gasteiger partial charge in [-0.25, -0.2) is 0 Å². The molecule has 0 aliphatic heterocycles. The van der Waals surface area contributed by atoms with Crippen molar-refractivity contribution < 1.29 is 10.0 Å². The maximum Gasteiger partial charge on any atom is 0.459 e. The molecule has 2 unspecified atom stereocenters. The quantitative estimate of drug-likeness (QED) is 0.699. The van der Waals surface area contributed by atoms with Crippen LogP contribution in [0.1, 0.15) is 47.5 Å². The molecule has 2 aliphatic carbocycles. The molecule has 18 heavy (non-hydrogen) atoms. The Bertz CT molecular complexity index is 405. The van der Waals surface area contributed by atoms with Crippen LogP contribution in [-0.4, -0.2) is 17.2 Å². The van der Waals surface area contributed by atoms with Crippen LogP contribution in [0.25, 0.3) is 0 Å². The zero-order chi connectivity index (χ0) is 13.7. The van der Waals surface area contributed by atoms with Gasteiger partial charge in [0.15, 0.2) is 0 Å². The summed E-state index contributed by atoms with van der Waals surface area (Å²) in [5, 5.41) is 19.2. The Kier molecular flexibility index (Phi) is 3.27. The predicted octanol–water partition coefficient (Wildman–Crippen LogP) is 3.18. The molecule has 0 saturated heterocycles. The van der Waals surface area contributed by atoms with E-state index in [2.05, 4.69) is 46.8 Å². The Balaban J connectivity index is 2.48. The molecule has 0 aromatic heterocycles. The van der Waals surface area contributed by atoms with Gasteiger partial charge in [0.2, 0.25) is 0 Å². The molecule has 0 radical (unpaired) electrons. The average Bonchev–Trinajstić information content (AvgIpc) is 2.22. The molecule has 1 fully saturated rings. The largest absolute Gasteiger partial charge is 0.459 e. The lowest BCUT2D eigenvalue weighted by Crippen LogP contribution is -2.37. The van der Waals surface area contributed by atoms with Gasteiger partial charge in [-0.3, -0.25) is 0 Å². The summed E-state index contributed by atoms with van der Waals surface area (Å²) < 4.78 is 0. The lowest BCUT2D eigenvalue weighted by Gasteiger charge is -2.45. The molecule has 2 rings (SSSR count). The molecule has 0 spiro atoms. The molecule has 1 saturated carbocycles. The van der Waals surface area contributed by atoms with E-state index in [4.69, 9.17) is 0 Å². The lowest BCUT2D eigenvalue weighted by atomic mass is 9.52. The number of rotatable bonds is 1. The van der Waals surface area contributed by atoms with Gasteiger partial charge in [-0.1, -0.05) is 46.8 Å². The number of hydrogen-bond acceptors (Lipinski definition) is 2. The van der Waals surface area contributed by atoms with Crippen LogP contribution >= 0.6 is 0 Å². The standard InChI is InChI=1S/C15H25BO2/c1-10-6-7-14(2,3)12-9-15(4,5)13(16(17)18)8-11(10)12/h8-10,13,17-18H,6-7H2,1-5H3. The van der Waals surface area contributed by atoms with Crippen LogP contribution in [-0.2, 0) is 0 Å². The third kappa shape index (κ3) is 2.19. The van der Waals surface area contributed by atoms with Crippen molar-refractivity contribution in [2.45, 2.75) is 53.3 Å². The molecule has 0 aromatic carbocycles. The molecule has 2 aliphatic rings. The monoisotopic (exact) mass is 248 g/mol. The van der Waals surface area contributed by atoms with Gasteiger partial charge in [0.05, 0.1) is 0 Å². The highest BCUT2D eigenvalue weighted by Gasteiger charge is 2.43. The molecule has 0 bridgehead atoms. The van der Waals surface area contributed by atoms with Crippen molar-refractivity contribution in [2.24, 2.45) is 16.7 Å². The highest BCUT2D eigenvalue weighted by atomic mass is 16.4. The maximum atomic E-state index is 9.60. The molecule has 100 valence electrons. The SMILES string of the molecule is CC1CCC(C)(C)C2=CC(C)(C)C(B(O)O)C=C21. The summed E-state index contributed by atoms with van der Waals surface area (Å²) in [6.07, 6.45) is 6.79. The first kappa shape index (κ1) is 13.9. The first-order chi connectivity index (χ1) is 8.15. The number of hydrogen-bond donors (Lipinski definition) is 2. The van der Waals surface area contributed by atoms with Crippen LogP contribution < -0.4 is 0 Å². The van der Waals surface area contributed by atoms with Gasteiger partial charge < -0.3 is 10.0 Å². The van der Waals surface area contributed by atoms with Crippen molar-refractivity contribution >= 4 is 7.12 Å². The third-order valence-electron chi connectivity index (χ3n) is 4.83. The highest BCUT2D eigenvalue weighted by Crippen LogP contribution is 2.53. The van der Waals surface area contributed by atoms with Crippen LogP contribution in [0.4, 0.5) is 0 Å². The van der Waals surface area contributed by atoms with Crippen molar-refractivity contribution in [2.75, 3.05) is 0 Å². The number of allylic oxidation sites excluding steroid dienone is 4. The Labute approximate surface area is 111 Å². The second-order valence-electron chi connectivity index (χ2n) is 7.26. The first-order valence-electron chi connectivity index (χ1n) is 6.97. The van der Waals surface area contributed by atoms with Gasteiger partial charge in [0.1, 0.15) is 0 Å². The van der Waals surface area contributed by atoms with Gasteiger partial charge >= 0.3 is 7.12 Å². The predicted molar refractivity (Wildman–Crippen MR) is 76.1 cm³/mol. The van der Waals surface area contributed by atoms with E-state index >= 15 is 0 Å². The topological polar surface area (TPSA) is 40.5 Å². The molecular formula is C15H25BO2. The van der Waals surface area contributed by atoms with E-state index in [0.717, 1.165) is 0 Å². The van der Waals surface area contributed by atoms with Gasteiger partial charge in [-0.2, -0.15) is 0 Å². The fourth-order valence-electron chi connectivity index (χ4n) is 3.40. The van der Waals surface area contributed by atoms with Crippen LogP contribution in [0, 0.1) is 16.7 Å². The summed E-state index contributed by atoms with van der Waals surface area (Å²) in [5.74, 6) is 0.328. The second-order valence-corrected chi connectivity index (χ2v) is 7.26. The third-order valence-corrected chi connectivity index (χ3v) is 4.83. The Hall–Kier alpha value is -0.535. The Morgan fingerprint density at radius 1 is 1.22 bits per heavy atom. The van der Waals surface area contributed by atoms with Crippen LogP contribution in [0.2, 0.25) is 5.82 Å². The normalized spacial score (nSPS) is 33.3. The highest BCUT2D eigenvalue weighted by molar-refractivity contribution is 6.44. The van der Waals surface area contributed by atoms with Gasteiger partial charge in [0.25, 0.3) is 0 Å². The second kappa shape index (κ2) is 4.24. The minimum Gasteiger partial charge on any atom is -0.427 e. The molecule has 3 heteroatoms. The summed E-state index contributed by atoms with van der Waals surface area (Å²) in [4.78, 5) is 0. The molecule has 2 nitrogen and oxygen atoms in total. The summed E-state index contributed by atoms with van der Waals surface area (Å²) in [7, 11) is -1.28. The maximum absolute atomic E-state index is 9.60. The summed E-state index contributed by atoms with van der Waals surface area (Å²) in [6, 6.07) is 0. The van der Waals surface area contributed by atoms with E-state index in [9.17, 15) is 10.0 Å². The zero-order valence-electron chi connectivity index (χ0n) is 12.2. The smallest absolute Gasteiger partial charge is 0.427 e. The molecule has 2 N–H and O–H groups in total. The Morgan fingerprint density at radius 2 is 1.83 bits per heavy atom. The summed E-state index contributed by atoms with van der Waals surface area (Å²) >= 11 is 0.